The van der Waals surface area contributed by atoms with Crippen molar-refractivity contribution in [1.29, 1.82) is 0 Å². The maximum absolute atomic E-state index is 5.84. The average Bonchev–Trinajstić information content (AvgIpc) is 2.33. The summed E-state index contributed by atoms with van der Waals surface area (Å²) in [5.41, 5.74) is 5.84. The van der Waals surface area contributed by atoms with Gasteiger partial charge in [-0.2, -0.15) is 0 Å². The molecule has 2 unspecified atom stereocenters. The highest BCUT2D eigenvalue weighted by Gasteiger charge is 2.10. The first kappa shape index (κ1) is 16.0. The summed E-state index contributed by atoms with van der Waals surface area (Å²) in [7, 11) is 0. The van der Waals surface area contributed by atoms with Crippen molar-refractivity contribution in [2.24, 2.45) is 17.6 Å². The second-order valence-electron chi connectivity index (χ2n) is 5.24. The number of rotatable bonds is 11. The van der Waals surface area contributed by atoms with E-state index in [1.54, 1.807) is 0 Å². The zero-order chi connectivity index (χ0) is 12.2. The molecular formula is C15H33N. The smallest absolute Gasteiger partial charge is 0.00489 e. The van der Waals surface area contributed by atoms with Gasteiger partial charge in [0, 0.05) is 0 Å². The van der Waals surface area contributed by atoms with E-state index < -0.39 is 0 Å². The van der Waals surface area contributed by atoms with E-state index in [2.05, 4.69) is 20.8 Å². The van der Waals surface area contributed by atoms with Gasteiger partial charge in [0.05, 0.1) is 0 Å². The molecule has 2 N–H and O–H groups in total. The first-order valence-corrected chi connectivity index (χ1v) is 7.48. The monoisotopic (exact) mass is 227 g/mol. The van der Waals surface area contributed by atoms with Crippen LogP contribution in [0.4, 0.5) is 0 Å². The average molecular weight is 227 g/mol. The van der Waals surface area contributed by atoms with E-state index in [0.29, 0.717) is 0 Å². The third-order valence-corrected chi connectivity index (χ3v) is 3.83. The Morgan fingerprint density at radius 3 is 1.69 bits per heavy atom. The molecule has 0 aliphatic carbocycles. The molecule has 1 nitrogen and oxygen atoms in total. The highest BCUT2D eigenvalue weighted by molar-refractivity contribution is 4.65. The van der Waals surface area contributed by atoms with Crippen LogP contribution >= 0.6 is 0 Å². The third-order valence-electron chi connectivity index (χ3n) is 3.83. The molecule has 16 heavy (non-hydrogen) atoms. The van der Waals surface area contributed by atoms with Crippen molar-refractivity contribution in [3.8, 4) is 0 Å². The summed E-state index contributed by atoms with van der Waals surface area (Å²) in [4.78, 5) is 0. The predicted molar refractivity (Wildman–Crippen MR) is 74.6 cm³/mol. The largest absolute Gasteiger partial charge is 0.330 e. The van der Waals surface area contributed by atoms with E-state index in [1.807, 2.05) is 0 Å². The summed E-state index contributed by atoms with van der Waals surface area (Å²) < 4.78 is 0. The lowest BCUT2D eigenvalue weighted by Crippen LogP contribution is -2.15. The van der Waals surface area contributed by atoms with Gasteiger partial charge in [0.15, 0.2) is 0 Å². The van der Waals surface area contributed by atoms with E-state index in [4.69, 9.17) is 5.73 Å². The summed E-state index contributed by atoms with van der Waals surface area (Å²) in [6.45, 7) is 7.79. The highest BCUT2D eigenvalue weighted by atomic mass is 14.5. The molecule has 0 radical (unpaired) electrons. The van der Waals surface area contributed by atoms with Gasteiger partial charge in [0.2, 0.25) is 0 Å². The fraction of sp³-hybridized carbons (Fsp3) is 1.00. The molecule has 0 aliphatic rings. The van der Waals surface area contributed by atoms with Crippen LogP contribution in [0, 0.1) is 11.8 Å². The standard InChI is InChI=1S/C15H33N/c1-4-7-9-14(6-3)11-12-15(13-16)10-8-5-2/h14-15H,4-13,16H2,1-3H3. The molecule has 0 bridgehead atoms. The van der Waals surface area contributed by atoms with Crippen molar-refractivity contribution >= 4 is 0 Å². The van der Waals surface area contributed by atoms with Gasteiger partial charge in [-0.15, -0.1) is 0 Å². The Kier molecular flexibility index (Phi) is 11.4. The minimum Gasteiger partial charge on any atom is -0.330 e. The van der Waals surface area contributed by atoms with Gasteiger partial charge in [-0.05, 0) is 31.2 Å². The van der Waals surface area contributed by atoms with Gasteiger partial charge in [-0.1, -0.05) is 65.7 Å². The molecule has 0 heterocycles. The van der Waals surface area contributed by atoms with Crippen molar-refractivity contribution in [3.05, 3.63) is 0 Å². The molecule has 0 aromatic carbocycles. The molecule has 0 aromatic rings. The summed E-state index contributed by atoms with van der Waals surface area (Å²) >= 11 is 0. The van der Waals surface area contributed by atoms with Crippen molar-refractivity contribution < 1.29 is 0 Å². The summed E-state index contributed by atoms with van der Waals surface area (Å²) in [5, 5.41) is 0. The Bertz CT molecular complexity index is 117. The predicted octanol–water partition coefficient (Wildman–Crippen LogP) is 4.75. The van der Waals surface area contributed by atoms with Crippen LogP contribution in [0.2, 0.25) is 0 Å². The van der Waals surface area contributed by atoms with Gasteiger partial charge in [0.1, 0.15) is 0 Å². The topological polar surface area (TPSA) is 26.0 Å². The Balaban J connectivity index is 3.69. The maximum atomic E-state index is 5.84. The van der Waals surface area contributed by atoms with Crippen molar-refractivity contribution in [1.82, 2.24) is 0 Å². The number of hydrogen-bond acceptors (Lipinski definition) is 1. The van der Waals surface area contributed by atoms with Crippen molar-refractivity contribution in [2.45, 2.75) is 78.6 Å². The minimum absolute atomic E-state index is 0.788. The Labute approximate surface area is 103 Å². The number of hydrogen-bond donors (Lipinski definition) is 1. The lowest BCUT2D eigenvalue weighted by atomic mass is 9.88. The van der Waals surface area contributed by atoms with Crippen LogP contribution in [0.5, 0.6) is 0 Å². The van der Waals surface area contributed by atoms with Crippen molar-refractivity contribution in [3.63, 3.8) is 0 Å². The first-order valence-electron chi connectivity index (χ1n) is 7.48. The quantitative estimate of drug-likeness (QED) is 0.541. The zero-order valence-corrected chi connectivity index (χ0v) is 11.8. The van der Waals surface area contributed by atoms with Crippen LogP contribution < -0.4 is 5.73 Å². The van der Waals surface area contributed by atoms with Gasteiger partial charge < -0.3 is 5.73 Å². The lowest BCUT2D eigenvalue weighted by molar-refractivity contribution is 0.348. The molecule has 98 valence electrons. The molecule has 0 aromatic heterocycles. The Hall–Kier alpha value is -0.0400. The SMILES string of the molecule is CCCCC(CC)CCC(CN)CCCC. The van der Waals surface area contributed by atoms with Crippen LogP contribution in [0.3, 0.4) is 0 Å². The molecule has 0 spiro atoms. The van der Waals surface area contributed by atoms with Gasteiger partial charge in [0.25, 0.3) is 0 Å². The second kappa shape index (κ2) is 11.4. The molecule has 0 saturated carbocycles. The fourth-order valence-corrected chi connectivity index (χ4v) is 2.39. The zero-order valence-electron chi connectivity index (χ0n) is 11.8. The molecule has 0 aliphatic heterocycles. The normalized spacial score (nSPS) is 15.0. The third kappa shape index (κ3) is 8.15. The van der Waals surface area contributed by atoms with Gasteiger partial charge in [-0.3, -0.25) is 0 Å². The number of unbranched alkanes of at least 4 members (excludes halogenated alkanes) is 2. The van der Waals surface area contributed by atoms with Crippen LogP contribution in [-0.2, 0) is 0 Å². The summed E-state index contributed by atoms with van der Waals surface area (Å²) in [6.07, 6.45) is 12.3. The Morgan fingerprint density at radius 2 is 1.25 bits per heavy atom. The van der Waals surface area contributed by atoms with Crippen molar-refractivity contribution in [2.75, 3.05) is 6.54 Å². The van der Waals surface area contributed by atoms with Gasteiger partial charge >= 0.3 is 0 Å². The number of nitrogens with two attached hydrogens (primary N) is 1. The molecule has 2 atom stereocenters. The van der Waals surface area contributed by atoms with Crippen LogP contribution in [0.25, 0.3) is 0 Å². The molecule has 0 rings (SSSR count). The summed E-state index contributed by atoms with van der Waals surface area (Å²) in [5.74, 6) is 1.74. The molecule has 0 fully saturated rings. The van der Waals surface area contributed by atoms with E-state index in [1.165, 1.54) is 57.8 Å². The Morgan fingerprint density at radius 1 is 0.750 bits per heavy atom. The second-order valence-corrected chi connectivity index (χ2v) is 5.24. The van der Waals surface area contributed by atoms with Crippen LogP contribution in [0.1, 0.15) is 78.6 Å². The molecule has 1 heteroatoms. The van der Waals surface area contributed by atoms with E-state index >= 15 is 0 Å². The van der Waals surface area contributed by atoms with E-state index in [9.17, 15) is 0 Å². The maximum Gasteiger partial charge on any atom is -0.00489 e. The van der Waals surface area contributed by atoms with Crippen LogP contribution in [-0.4, -0.2) is 6.54 Å². The lowest BCUT2D eigenvalue weighted by Gasteiger charge is -2.19. The minimum atomic E-state index is 0.788. The fourth-order valence-electron chi connectivity index (χ4n) is 2.39. The first-order chi connectivity index (χ1) is 7.78. The molecular weight excluding hydrogens is 194 g/mol. The highest BCUT2D eigenvalue weighted by Crippen LogP contribution is 2.23. The van der Waals surface area contributed by atoms with Crippen LogP contribution in [0.15, 0.2) is 0 Å². The molecule has 0 saturated heterocycles. The van der Waals surface area contributed by atoms with E-state index in [-0.39, 0.29) is 0 Å². The summed E-state index contributed by atoms with van der Waals surface area (Å²) in [6, 6.07) is 0. The molecule has 0 amide bonds. The van der Waals surface area contributed by atoms with Gasteiger partial charge in [-0.25, -0.2) is 0 Å². The van der Waals surface area contributed by atoms with E-state index in [0.717, 1.165) is 18.4 Å².